The van der Waals surface area contributed by atoms with Gasteiger partial charge in [0.2, 0.25) is 5.91 Å². The van der Waals surface area contributed by atoms with Crippen LogP contribution in [0.3, 0.4) is 0 Å². The molecule has 0 saturated carbocycles. The highest BCUT2D eigenvalue weighted by Gasteiger charge is 2.28. The number of piperidine rings is 1. The van der Waals surface area contributed by atoms with Crippen molar-refractivity contribution in [3.05, 3.63) is 12.7 Å². The van der Waals surface area contributed by atoms with Gasteiger partial charge in [0.1, 0.15) is 0 Å². The molecule has 74 valence electrons. The second-order valence-electron chi connectivity index (χ2n) is 3.88. The van der Waals surface area contributed by atoms with E-state index >= 15 is 0 Å². The number of carbonyl (C=O) groups is 1. The van der Waals surface area contributed by atoms with Crippen molar-refractivity contribution < 1.29 is 4.79 Å². The van der Waals surface area contributed by atoms with E-state index in [1.54, 1.807) is 6.92 Å². The summed E-state index contributed by atoms with van der Waals surface area (Å²) in [6.45, 7) is 7.54. The first-order chi connectivity index (χ1) is 6.16. The summed E-state index contributed by atoms with van der Waals surface area (Å²) in [5.41, 5.74) is 0. The second-order valence-corrected chi connectivity index (χ2v) is 3.88. The molecule has 0 radical (unpaired) electrons. The molecule has 2 heteroatoms. The molecular formula is C11H19NO. The summed E-state index contributed by atoms with van der Waals surface area (Å²) >= 11 is 0. The molecule has 0 aromatic rings. The fourth-order valence-electron chi connectivity index (χ4n) is 2.28. The van der Waals surface area contributed by atoms with Gasteiger partial charge in [-0.2, -0.15) is 0 Å². The number of hydrogen-bond donors (Lipinski definition) is 0. The summed E-state index contributed by atoms with van der Waals surface area (Å²) in [5, 5.41) is 0. The molecule has 2 atom stereocenters. The van der Waals surface area contributed by atoms with E-state index in [2.05, 4.69) is 13.5 Å². The van der Waals surface area contributed by atoms with Crippen LogP contribution in [0.2, 0.25) is 0 Å². The molecule has 0 spiro atoms. The van der Waals surface area contributed by atoms with Crippen LogP contribution in [0, 0.1) is 0 Å². The van der Waals surface area contributed by atoms with Gasteiger partial charge in [0, 0.05) is 19.0 Å². The van der Waals surface area contributed by atoms with Gasteiger partial charge in [0.25, 0.3) is 0 Å². The van der Waals surface area contributed by atoms with E-state index < -0.39 is 0 Å². The number of likely N-dealkylation sites (tertiary alicyclic amines) is 1. The zero-order chi connectivity index (χ0) is 9.84. The van der Waals surface area contributed by atoms with Crippen molar-refractivity contribution in [1.29, 1.82) is 0 Å². The van der Waals surface area contributed by atoms with E-state index in [1.165, 1.54) is 6.42 Å². The molecule has 1 amide bonds. The van der Waals surface area contributed by atoms with Gasteiger partial charge in [-0.3, -0.25) is 4.79 Å². The van der Waals surface area contributed by atoms with Crippen LogP contribution in [0.5, 0.6) is 0 Å². The minimum absolute atomic E-state index is 0.207. The molecule has 1 heterocycles. The second kappa shape index (κ2) is 4.45. The van der Waals surface area contributed by atoms with Gasteiger partial charge in [0.15, 0.2) is 0 Å². The van der Waals surface area contributed by atoms with Crippen LogP contribution in [0.25, 0.3) is 0 Å². The molecule has 0 aromatic heterocycles. The van der Waals surface area contributed by atoms with Gasteiger partial charge in [-0.1, -0.05) is 6.08 Å². The monoisotopic (exact) mass is 181 g/mol. The van der Waals surface area contributed by atoms with Crippen molar-refractivity contribution in [2.24, 2.45) is 0 Å². The minimum atomic E-state index is 0.207. The predicted molar refractivity (Wildman–Crippen MR) is 54.4 cm³/mol. The van der Waals surface area contributed by atoms with E-state index in [4.69, 9.17) is 0 Å². The quantitative estimate of drug-likeness (QED) is 0.599. The first kappa shape index (κ1) is 10.3. The Morgan fingerprint density at radius 2 is 2.31 bits per heavy atom. The molecule has 1 saturated heterocycles. The number of hydrogen-bond acceptors (Lipinski definition) is 1. The Bertz CT molecular complexity index is 200. The number of rotatable bonds is 2. The molecule has 0 unspecified atom stereocenters. The number of amides is 1. The van der Waals surface area contributed by atoms with Gasteiger partial charge in [-0.15, -0.1) is 6.58 Å². The lowest BCUT2D eigenvalue weighted by molar-refractivity contribution is -0.135. The van der Waals surface area contributed by atoms with Gasteiger partial charge >= 0.3 is 0 Å². The molecule has 0 aliphatic carbocycles. The smallest absolute Gasteiger partial charge is 0.219 e. The Morgan fingerprint density at radius 1 is 1.62 bits per heavy atom. The molecule has 2 nitrogen and oxygen atoms in total. The fraction of sp³-hybridized carbons (Fsp3) is 0.727. The maximum Gasteiger partial charge on any atom is 0.219 e. The van der Waals surface area contributed by atoms with Crippen molar-refractivity contribution in [3.8, 4) is 0 Å². The Labute approximate surface area is 80.6 Å². The lowest BCUT2D eigenvalue weighted by Gasteiger charge is -2.39. The zero-order valence-corrected chi connectivity index (χ0v) is 8.62. The van der Waals surface area contributed by atoms with E-state index in [-0.39, 0.29) is 5.91 Å². The average Bonchev–Trinajstić information content (AvgIpc) is 2.04. The van der Waals surface area contributed by atoms with E-state index in [0.717, 1.165) is 19.3 Å². The Hall–Kier alpha value is -0.790. The van der Waals surface area contributed by atoms with Gasteiger partial charge in [-0.05, 0) is 32.6 Å². The van der Waals surface area contributed by atoms with Crippen molar-refractivity contribution in [2.45, 2.75) is 51.6 Å². The molecule has 0 bridgehead atoms. The molecular weight excluding hydrogens is 162 g/mol. The molecule has 0 aromatic carbocycles. The molecule has 1 rings (SSSR count). The van der Waals surface area contributed by atoms with Crippen LogP contribution in [-0.4, -0.2) is 22.9 Å². The van der Waals surface area contributed by atoms with Crippen molar-refractivity contribution in [3.63, 3.8) is 0 Å². The zero-order valence-electron chi connectivity index (χ0n) is 8.62. The van der Waals surface area contributed by atoms with E-state index in [9.17, 15) is 4.79 Å². The SMILES string of the molecule is C=CC[C@H]1CCC[C@H](C)N1C(C)=O. The van der Waals surface area contributed by atoms with Crippen LogP contribution < -0.4 is 0 Å². The largest absolute Gasteiger partial charge is 0.337 e. The standard InChI is InChI=1S/C11H19NO/c1-4-6-11-8-5-7-9(2)12(11)10(3)13/h4,9,11H,1,5-8H2,2-3H3/t9-,11-/m0/s1. The first-order valence-electron chi connectivity index (χ1n) is 5.06. The van der Waals surface area contributed by atoms with Crippen molar-refractivity contribution in [2.75, 3.05) is 0 Å². The van der Waals surface area contributed by atoms with Crippen LogP contribution in [0.1, 0.15) is 39.5 Å². The topological polar surface area (TPSA) is 20.3 Å². The third kappa shape index (κ3) is 2.33. The van der Waals surface area contributed by atoms with Crippen LogP contribution in [0.15, 0.2) is 12.7 Å². The van der Waals surface area contributed by atoms with Crippen LogP contribution in [-0.2, 0) is 4.79 Å². The Balaban J connectivity index is 2.67. The molecule has 1 aliphatic rings. The van der Waals surface area contributed by atoms with Crippen molar-refractivity contribution in [1.82, 2.24) is 4.90 Å². The number of nitrogens with zero attached hydrogens (tertiary/aromatic N) is 1. The molecule has 0 N–H and O–H groups in total. The third-order valence-electron chi connectivity index (χ3n) is 2.83. The van der Waals surface area contributed by atoms with Gasteiger partial charge < -0.3 is 4.90 Å². The summed E-state index contributed by atoms with van der Waals surface area (Å²) in [7, 11) is 0. The summed E-state index contributed by atoms with van der Waals surface area (Å²) in [4.78, 5) is 13.4. The Kier molecular flexibility index (Phi) is 3.52. The highest BCUT2D eigenvalue weighted by molar-refractivity contribution is 5.74. The van der Waals surface area contributed by atoms with Crippen LogP contribution in [0.4, 0.5) is 0 Å². The maximum atomic E-state index is 11.4. The average molecular weight is 181 g/mol. The Morgan fingerprint density at radius 3 is 2.85 bits per heavy atom. The van der Waals surface area contributed by atoms with Gasteiger partial charge in [-0.25, -0.2) is 0 Å². The highest BCUT2D eigenvalue weighted by atomic mass is 16.2. The normalized spacial score (nSPS) is 28.6. The lowest BCUT2D eigenvalue weighted by atomic mass is 9.94. The summed E-state index contributed by atoms with van der Waals surface area (Å²) in [5.74, 6) is 0.207. The summed E-state index contributed by atoms with van der Waals surface area (Å²) < 4.78 is 0. The highest BCUT2D eigenvalue weighted by Crippen LogP contribution is 2.24. The maximum absolute atomic E-state index is 11.4. The molecule has 13 heavy (non-hydrogen) atoms. The minimum Gasteiger partial charge on any atom is -0.337 e. The lowest BCUT2D eigenvalue weighted by Crippen LogP contribution is -2.47. The van der Waals surface area contributed by atoms with Crippen molar-refractivity contribution >= 4 is 5.91 Å². The number of carbonyl (C=O) groups excluding carboxylic acids is 1. The molecule has 1 fully saturated rings. The fourth-order valence-corrected chi connectivity index (χ4v) is 2.28. The predicted octanol–water partition coefficient (Wildman–Crippen LogP) is 2.35. The van der Waals surface area contributed by atoms with E-state index in [1.807, 2.05) is 11.0 Å². The summed E-state index contributed by atoms with van der Waals surface area (Å²) in [6.07, 6.45) is 6.37. The summed E-state index contributed by atoms with van der Waals surface area (Å²) in [6, 6.07) is 0.815. The van der Waals surface area contributed by atoms with E-state index in [0.29, 0.717) is 12.1 Å². The molecule has 1 aliphatic heterocycles. The first-order valence-corrected chi connectivity index (χ1v) is 5.06. The van der Waals surface area contributed by atoms with Gasteiger partial charge in [0.05, 0.1) is 0 Å². The van der Waals surface area contributed by atoms with Crippen LogP contribution >= 0.6 is 0 Å². The third-order valence-corrected chi connectivity index (χ3v) is 2.83.